The van der Waals surface area contributed by atoms with E-state index in [4.69, 9.17) is 9.47 Å². The van der Waals surface area contributed by atoms with Crippen molar-refractivity contribution in [3.8, 4) is 11.5 Å². The first-order valence-electron chi connectivity index (χ1n) is 11.3. The third kappa shape index (κ3) is 3.97. The lowest BCUT2D eigenvalue weighted by molar-refractivity contribution is 0.0735. The highest BCUT2D eigenvalue weighted by molar-refractivity contribution is 7.89. The number of hydrogen-bond acceptors (Lipinski definition) is 5. The Morgan fingerprint density at radius 3 is 2.31 bits per heavy atom. The number of rotatable bonds is 4. The SMILES string of the molecule is O=C(c1ccc(S(=O)(=O)N2CCCC2)cc1)N1CCC[C@H]1c1ccc2c(c1)OCCCO2. The summed E-state index contributed by atoms with van der Waals surface area (Å²) < 4.78 is 38.6. The van der Waals surface area contributed by atoms with Gasteiger partial charge in [0.1, 0.15) is 0 Å². The van der Waals surface area contributed by atoms with E-state index in [1.807, 2.05) is 23.1 Å². The number of carbonyl (C=O) groups is 1. The molecule has 2 fully saturated rings. The average molecular weight is 457 g/mol. The standard InChI is InChI=1S/C24H28N2O5S/c27-24(18-6-9-20(10-7-18)32(28,29)25-12-1-2-13-25)26-14-3-5-21(26)19-8-11-22-23(17-19)31-16-4-15-30-22/h6-11,17,21H,1-5,12-16H2/t21-/m0/s1. The summed E-state index contributed by atoms with van der Waals surface area (Å²) in [6.07, 6.45) is 4.44. The Hall–Kier alpha value is -2.58. The summed E-state index contributed by atoms with van der Waals surface area (Å²) >= 11 is 0. The van der Waals surface area contributed by atoms with Gasteiger partial charge in [-0.1, -0.05) is 6.07 Å². The topological polar surface area (TPSA) is 76.2 Å². The monoisotopic (exact) mass is 456 g/mol. The maximum atomic E-state index is 13.3. The highest BCUT2D eigenvalue weighted by Crippen LogP contribution is 2.38. The lowest BCUT2D eigenvalue weighted by atomic mass is 10.0. The van der Waals surface area contributed by atoms with Gasteiger partial charge < -0.3 is 14.4 Å². The van der Waals surface area contributed by atoms with Gasteiger partial charge in [-0.25, -0.2) is 8.42 Å². The van der Waals surface area contributed by atoms with E-state index in [0.29, 0.717) is 38.4 Å². The van der Waals surface area contributed by atoms with Gasteiger partial charge >= 0.3 is 0 Å². The summed E-state index contributed by atoms with van der Waals surface area (Å²) in [4.78, 5) is 15.4. The normalized spacial score (nSPS) is 21.5. The zero-order valence-corrected chi connectivity index (χ0v) is 18.9. The quantitative estimate of drug-likeness (QED) is 0.703. The van der Waals surface area contributed by atoms with Crippen molar-refractivity contribution < 1.29 is 22.7 Å². The van der Waals surface area contributed by atoms with Gasteiger partial charge in [0.05, 0.1) is 24.2 Å². The van der Waals surface area contributed by atoms with Gasteiger partial charge in [-0.2, -0.15) is 4.31 Å². The minimum absolute atomic E-state index is 0.0346. The molecule has 3 heterocycles. The molecule has 0 unspecified atom stereocenters. The van der Waals surface area contributed by atoms with Crippen LogP contribution in [0, 0.1) is 0 Å². The fourth-order valence-corrected chi connectivity index (χ4v) is 6.27. The van der Waals surface area contributed by atoms with E-state index >= 15 is 0 Å². The van der Waals surface area contributed by atoms with Crippen LogP contribution in [0.25, 0.3) is 0 Å². The Morgan fingerprint density at radius 2 is 1.56 bits per heavy atom. The van der Waals surface area contributed by atoms with Crippen molar-refractivity contribution in [3.63, 3.8) is 0 Å². The molecule has 0 radical (unpaired) electrons. The smallest absolute Gasteiger partial charge is 0.254 e. The molecule has 0 bridgehead atoms. The Balaban J connectivity index is 1.35. The molecule has 1 atom stereocenters. The number of fused-ring (bicyclic) bond motifs is 1. The van der Waals surface area contributed by atoms with Gasteiger partial charge in [-0.05, 0) is 67.6 Å². The molecule has 8 heteroatoms. The highest BCUT2D eigenvalue weighted by atomic mass is 32.2. The number of ether oxygens (including phenoxy) is 2. The van der Waals surface area contributed by atoms with E-state index in [-0.39, 0.29) is 16.8 Å². The van der Waals surface area contributed by atoms with E-state index < -0.39 is 10.0 Å². The number of hydrogen-bond donors (Lipinski definition) is 0. The summed E-state index contributed by atoms with van der Waals surface area (Å²) in [5, 5.41) is 0. The first-order valence-corrected chi connectivity index (χ1v) is 12.8. The molecule has 2 aromatic rings. The summed E-state index contributed by atoms with van der Waals surface area (Å²) in [6.45, 7) is 3.06. The molecular weight excluding hydrogens is 428 g/mol. The van der Waals surface area contributed by atoms with Crippen LogP contribution in [0.15, 0.2) is 47.4 Å². The molecule has 5 rings (SSSR count). The van der Waals surface area contributed by atoms with Crippen LogP contribution in [0.4, 0.5) is 0 Å². The molecule has 2 aromatic carbocycles. The Morgan fingerprint density at radius 1 is 0.844 bits per heavy atom. The molecule has 170 valence electrons. The van der Waals surface area contributed by atoms with Gasteiger partial charge in [-0.15, -0.1) is 0 Å². The van der Waals surface area contributed by atoms with Crippen molar-refractivity contribution in [3.05, 3.63) is 53.6 Å². The predicted molar refractivity (Wildman–Crippen MR) is 119 cm³/mol. The van der Waals surface area contributed by atoms with Crippen molar-refractivity contribution in [1.29, 1.82) is 0 Å². The van der Waals surface area contributed by atoms with Crippen LogP contribution >= 0.6 is 0 Å². The van der Waals surface area contributed by atoms with Crippen molar-refractivity contribution in [2.75, 3.05) is 32.8 Å². The van der Waals surface area contributed by atoms with Crippen LogP contribution in [0.5, 0.6) is 11.5 Å². The molecule has 0 spiro atoms. The summed E-state index contributed by atoms with van der Waals surface area (Å²) in [7, 11) is -3.48. The molecule has 0 saturated carbocycles. The highest BCUT2D eigenvalue weighted by Gasteiger charge is 2.32. The molecular formula is C24H28N2O5S. The third-order valence-corrected chi connectivity index (χ3v) is 8.39. The Bertz CT molecular complexity index is 1090. The molecule has 2 saturated heterocycles. The number of nitrogens with zero attached hydrogens (tertiary/aromatic N) is 2. The predicted octanol–water partition coefficient (Wildman–Crippen LogP) is 3.61. The second kappa shape index (κ2) is 8.75. The molecule has 1 amide bonds. The number of benzene rings is 2. The minimum Gasteiger partial charge on any atom is -0.490 e. The number of likely N-dealkylation sites (tertiary alicyclic amines) is 1. The van der Waals surface area contributed by atoms with Crippen LogP contribution < -0.4 is 9.47 Å². The number of sulfonamides is 1. The van der Waals surface area contributed by atoms with Crippen LogP contribution in [0.1, 0.15) is 54.1 Å². The van der Waals surface area contributed by atoms with Crippen molar-refractivity contribution in [2.45, 2.75) is 43.0 Å². The number of carbonyl (C=O) groups excluding carboxylic acids is 1. The largest absolute Gasteiger partial charge is 0.490 e. The lowest BCUT2D eigenvalue weighted by Gasteiger charge is -2.26. The van der Waals surface area contributed by atoms with Gasteiger partial charge in [0.2, 0.25) is 10.0 Å². The second-order valence-corrected chi connectivity index (χ2v) is 10.5. The molecule has 32 heavy (non-hydrogen) atoms. The van der Waals surface area contributed by atoms with Crippen LogP contribution in [-0.2, 0) is 10.0 Å². The maximum absolute atomic E-state index is 13.3. The zero-order valence-electron chi connectivity index (χ0n) is 18.0. The molecule has 0 N–H and O–H groups in total. The molecule has 0 aliphatic carbocycles. The first-order chi connectivity index (χ1) is 15.5. The van der Waals surface area contributed by atoms with Crippen molar-refractivity contribution >= 4 is 15.9 Å². The van der Waals surface area contributed by atoms with Crippen LogP contribution in [-0.4, -0.2) is 56.4 Å². The number of amides is 1. The van der Waals surface area contributed by atoms with E-state index in [1.165, 1.54) is 4.31 Å². The molecule has 3 aliphatic heterocycles. The summed E-state index contributed by atoms with van der Waals surface area (Å²) in [5.74, 6) is 1.40. The van der Waals surface area contributed by atoms with Crippen LogP contribution in [0.2, 0.25) is 0 Å². The van der Waals surface area contributed by atoms with Gasteiger partial charge in [0, 0.05) is 31.6 Å². The van der Waals surface area contributed by atoms with Crippen LogP contribution in [0.3, 0.4) is 0 Å². The van der Waals surface area contributed by atoms with E-state index in [1.54, 1.807) is 24.3 Å². The molecule has 0 aromatic heterocycles. The summed E-state index contributed by atoms with van der Waals surface area (Å²) in [6, 6.07) is 12.3. The Labute approximate surface area is 189 Å². The molecule has 3 aliphatic rings. The zero-order chi connectivity index (χ0) is 22.1. The van der Waals surface area contributed by atoms with E-state index in [2.05, 4.69) is 0 Å². The van der Waals surface area contributed by atoms with Gasteiger partial charge in [0.25, 0.3) is 5.91 Å². The minimum atomic E-state index is -3.48. The molecule has 7 nitrogen and oxygen atoms in total. The first kappa shape index (κ1) is 21.3. The fraction of sp³-hybridized carbons (Fsp3) is 0.458. The van der Waals surface area contributed by atoms with Crippen molar-refractivity contribution in [1.82, 2.24) is 9.21 Å². The fourth-order valence-electron chi connectivity index (χ4n) is 4.76. The second-order valence-electron chi connectivity index (χ2n) is 8.55. The van der Waals surface area contributed by atoms with E-state index in [0.717, 1.165) is 49.2 Å². The van der Waals surface area contributed by atoms with Gasteiger partial charge in [-0.3, -0.25) is 4.79 Å². The summed E-state index contributed by atoms with van der Waals surface area (Å²) in [5.41, 5.74) is 1.54. The average Bonchev–Trinajstić information content (AvgIpc) is 3.48. The maximum Gasteiger partial charge on any atom is 0.254 e. The van der Waals surface area contributed by atoms with E-state index in [9.17, 15) is 13.2 Å². The Kier molecular flexibility index (Phi) is 5.82. The van der Waals surface area contributed by atoms with Crippen molar-refractivity contribution in [2.24, 2.45) is 0 Å². The lowest BCUT2D eigenvalue weighted by Crippen LogP contribution is -2.31. The third-order valence-electron chi connectivity index (χ3n) is 6.47. The van der Waals surface area contributed by atoms with Gasteiger partial charge in [0.15, 0.2) is 11.5 Å².